The summed E-state index contributed by atoms with van der Waals surface area (Å²) in [4.78, 5) is 36.9. The number of Topliss-reactive ketones (excluding diaryl/α,β-unsaturated/α-hetero) is 1. The standard InChI is InChI=1S/C20H19Br2NO4/c1-12(2)18(23-19(25)14-5-9-16(22)10-6-14)20(26)27-11-17(24)13-3-7-15(21)8-4-13/h3-10,12,18H,11H2,1-2H3,(H,23,25). The number of esters is 1. The highest BCUT2D eigenvalue weighted by molar-refractivity contribution is 9.10. The Morgan fingerprint density at radius 2 is 1.37 bits per heavy atom. The van der Waals surface area contributed by atoms with Crippen molar-refractivity contribution in [3.63, 3.8) is 0 Å². The Balaban J connectivity index is 1.97. The molecular weight excluding hydrogens is 478 g/mol. The molecule has 5 nitrogen and oxygen atoms in total. The summed E-state index contributed by atoms with van der Waals surface area (Å²) in [5, 5.41) is 2.68. The van der Waals surface area contributed by atoms with E-state index in [4.69, 9.17) is 4.74 Å². The predicted octanol–water partition coefficient (Wildman–Crippen LogP) is 4.39. The molecule has 27 heavy (non-hydrogen) atoms. The number of hydrogen-bond acceptors (Lipinski definition) is 4. The lowest BCUT2D eigenvalue weighted by Gasteiger charge is -2.20. The van der Waals surface area contributed by atoms with Crippen LogP contribution in [-0.2, 0) is 9.53 Å². The molecule has 1 amide bonds. The fraction of sp³-hybridized carbons (Fsp3) is 0.250. The lowest BCUT2D eigenvalue weighted by Crippen LogP contribution is -2.45. The highest BCUT2D eigenvalue weighted by Crippen LogP contribution is 2.13. The number of carbonyl (C=O) groups is 3. The average Bonchev–Trinajstić information content (AvgIpc) is 2.64. The first-order valence-corrected chi connectivity index (χ1v) is 9.88. The van der Waals surface area contributed by atoms with Crippen molar-refractivity contribution in [2.75, 3.05) is 6.61 Å². The van der Waals surface area contributed by atoms with Crippen molar-refractivity contribution in [1.82, 2.24) is 5.32 Å². The van der Waals surface area contributed by atoms with E-state index >= 15 is 0 Å². The van der Waals surface area contributed by atoms with Gasteiger partial charge in [-0.25, -0.2) is 4.79 Å². The van der Waals surface area contributed by atoms with Crippen molar-refractivity contribution >= 4 is 49.5 Å². The fourth-order valence-corrected chi connectivity index (χ4v) is 2.80. The van der Waals surface area contributed by atoms with Crippen LogP contribution in [0.25, 0.3) is 0 Å². The highest BCUT2D eigenvalue weighted by atomic mass is 79.9. The summed E-state index contributed by atoms with van der Waals surface area (Å²) in [6.45, 7) is 3.21. The molecule has 2 aromatic rings. The van der Waals surface area contributed by atoms with Crippen LogP contribution in [0.4, 0.5) is 0 Å². The molecule has 0 bridgehead atoms. The van der Waals surface area contributed by atoms with Gasteiger partial charge in [0.15, 0.2) is 12.4 Å². The van der Waals surface area contributed by atoms with E-state index in [-0.39, 0.29) is 24.2 Å². The summed E-state index contributed by atoms with van der Waals surface area (Å²) in [6.07, 6.45) is 0. The van der Waals surface area contributed by atoms with Gasteiger partial charge in [0.1, 0.15) is 6.04 Å². The molecule has 0 saturated carbocycles. The van der Waals surface area contributed by atoms with Gasteiger partial charge in [-0.15, -0.1) is 0 Å². The van der Waals surface area contributed by atoms with Gasteiger partial charge in [-0.05, 0) is 42.3 Å². The minimum absolute atomic E-state index is 0.195. The minimum Gasteiger partial charge on any atom is -0.456 e. The van der Waals surface area contributed by atoms with Gasteiger partial charge >= 0.3 is 5.97 Å². The SMILES string of the molecule is CC(C)C(NC(=O)c1ccc(Br)cc1)C(=O)OCC(=O)c1ccc(Br)cc1. The fourth-order valence-electron chi connectivity index (χ4n) is 2.27. The number of amides is 1. The molecule has 0 aliphatic carbocycles. The van der Waals surface area contributed by atoms with E-state index in [9.17, 15) is 14.4 Å². The third-order valence-electron chi connectivity index (χ3n) is 3.83. The van der Waals surface area contributed by atoms with E-state index in [0.717, 1.165) is 8.95 Å². The van der Waals surface area contributed by atoms with Crippen LogP contribution in [-0.4, -0.2) is 30.3 Å². The topological polar surface area (TPSA) is 72.5 Å². The molecule has 2 aromatic carbocycles. The Hall–Kier alpha value is -1.99. The Bertz CT molecular complexity index is 817. The molecule has 0 saturated heterocycles. The van der Waals surface area contributed by atoms with Crippen molar-refractivity contribution in [2.45, 2.75) is 19.9 Å². The summed E-state index contributed by atoms with van der Waals surface area (Å²) in [6, 6.07) is 12.7. The van der Waals surface area contributed by atoms with Gasteiger partial charge in [-0.1, -0.05) is 57.8 Å². The van der Waals surface area contributed by atoms with Crippen molar-refractivity contribution in [1.29, 1.82) is 0 Å². The molecule has 1 unspecified atom stereocenters. The highest BCUT2D eigenvalue weighted by Gasteiger charge is 2.26. The second-order valence-electron chi connectivity index (χ2n) is 6.24. The van der Waals surface area contributed by atoms with E-state index in [1.807, 2.05) is 0 Å². The Morgan fingerprint density at radius 3 is 1.85 bits per heavy atom. The van der Waals surface area contributed by atoms with Gasteiger partial charge in [0.25, 0.3) is 5.91 Å². The number of halogens is 2. The number of hydrogen-bond donors (Lipinski definition) is 1. The van der Waals surface area contributed by atoms with Crippen LogP contribution in [0, 0.1) is 5.92 Å². The predicted molar refractivity (Wildman–Crippen MR) is 110 cm³/mol. The van der Waals surface area contributed by atoms with Gasteiger partial charge < -0.3 is 10.1 Å². The van der Waals surface area contributed by atoms with Gasteiger partial charge in [-0.3, -0.25) is 9.59 Å². The monoisotopic (exact) mass is 495 g/mol. The molecule has 7 heteroatoms. The Kier molecular flexibility index (Phi) is 7.74. The molecule has 1 atom stereocenters. The third kappa shape index (κ3) is 6.29. The molecule has 0 aliphatic heterocycles. The zero-order chi connectivity index (χ0) is 20.0. The van der Waals surface area contributed by atoms with Crippen LogP contribution in [0.1, 0.15) is 34.6 Å². The first-order valence-electron chi connectivity index (χ1n) is 8.29. The van der Waals surface area contributed by atoms with E-state index in [2.05, 4.69) is 37.2 Å². The smallest absolute Gasteiger partial charge is 0.329 e. The number of benzene rings is 2. The zero-order valence-electron chi connectivity index (χ0n) is 14.9. The van der Waals surface area contributed by atoms with Gasteiger partial charge in [0.2, 0.25) is 0 Å². The van der Waals surface area contributed by atoms with Crippen LogP contribution in [0.2, 0.25) is 0 Å². The van der Waals surface area contributed by atoms with Crippen LogP contribution in [0.5, 0.6) is 0 Å². The van der Waals surface area contributed by atoms with Crippen molar-refractivity contribution in [2.24, 2.45) is 5.92 Å². The maximum Gasteiger partial charge on any atom is 0.329 e. The second-order valence-corrected chi connectivity index (χ2v) is 8.07. The van der Waals surface area contributed by atoms with E-state index in [1.165, 1.54) is 0 Å². The number of ether oxygens (including phenoxy) is 1. The maximum absolute atomic E-state index is 12.4. The zero-order valence-corrected chi connectivity index (χ0v) is 18.0. The number of ketones is 1. The largest absolute Gasteiger partial charge is 0.456 e. The molecule has 0 spiro atoms. The van der Waals surface area contributed by atoms with Gasteiger partial charge in [0, 0.05) is 20.1 Å². The molecular formula is C20H19Br2NO4. The second kappa shape index (κ2) is 9.80. The van der Waals surface area contributed by atoms with E-state index in [0.29, 0.717) is 11.1 Å². The number of carbonyl (C=O) groups excluding carboxylic acids is 3. The number of rotatable bonds is 7. The lowest BCUT2D eigenvalue weighted by molar-refractivity contribution is -0.145. The van der Waals surface area contributed by atoms with Crippen LogP contribution >= 0.6 is 31.9 Å². The van der Waals surface area contributed by atoms with Crippen molar-refractivity contribution in [3.05, 3.63) is 68.6 Å². The first-order chi connectivity index (χ1) is 12.8. The Labute approximate surface area is 174 Å². The van der Waals surface area contributed by atoms with Crippen LogP contribution in [0.15, 0.2) is 57.5 Å². The number of nitrogens with one attached hydrogen (secondary N) is 1. The summed E-state index contributed by atoms with van der Waals surface area (Å²) in [5.74, 6) is -1.52. The molecule has 142 valence electrons. The third-order valence-corrected chi connectivity index (χ3v) is 4.88. The van der Waals surface area contributed by atoms with Crippen molar-refractivity contribution in [3.8, 4) is 0 Å². The van der Waals surface area contributed by atoms with Crippen LogP contribution < -0.4 is 5.32 Å². The average molecular weight is 497 g/mol. The van der Waals surface area contributed by atoms with E-state index in [1.54, 1.807) is 62.4 Å². The molecule has 0 aromatic heterocycles. The molecule has 0 fully saturated rings. The molecule has 0 heterocycles. The summed E-state index contributed by atoms with van der Waals surface area (Å²) in [5.41, 5.74) is 0.883. The molecule has 2 rings (SSSR count). The summed E-state index contributed by atoms with van der Waals surface area (Å²) >= 11 is 6.61. The summed E-state index contributed by atoms with van der Waals surface area (Å²) < 4.78 is 6.85. The van der Waals surface area contributed by atoms with Crippen LogP contribution in [0.3, 0.4) is 0 Å². The van der Waals surface area contributed by atoms with Gasteiger partial charge in [0.05, 0.1) is 0 Å². The lowest BCUT2D eigenvalue weighted by atomic mass is 10.0. The normalized spacial score (nSPS) is 11.7. The molecule has 0 radical (unpaired) electrons. The molecule has 0 aliphatic rings. The van der Waals surface area contributed by atoms with E-state index < -0.39 is 12.0 Å². The minimum atomic E-state index is -0.848. The Morgan fingerprint density at radius 1 is 0.889 bits per heavy atom. The maximum atomic E-state index is 12.4. The van der Waals surface area contributed by atoms with Gasteiger partial charge in [-0.2, -0.15) is 0 Å². The van der Waals surface area contributed by atoms with Crippen molar-refractivity contribution < 1.29 is 19.1 Å². The first kappa shape index (κ1) is 21.3. The summed E-state index contributed by atoms with van der Waals surface area (Å²) in [7, 11) is 0. The quantitative estimate of drug-likeness (QED) is 0.455. The molecule has 1 N–H and O–H groups in total.